The number of hydrogen-bond acceptors (Lipinski definition) is 3. The highest BCUT2D eigenvalue weighted by Gasteiger charge is 2.01. The van der Waals surface area contributed by atoms with Gasteiger partial charge in [-0.3, -0.25) is 4.79 Å². The average molecular weight is 220 g/mol. The molecule has 1 rings (SSSR count). The summed E-state index contributed by atoms with van der Waals surface area (Å²) in [5.74, 6) is -0.114. The van der Waals surface area contributed by atoms with Crippen LogP contribution in [0.1, 0.15) is 5.56 Å². The molecule has 4 heteroatoms. The number of benzene rings is 1. The van der Waals surface area contributed by atoms with Crippen molar-refractivity contribution in [3.8, 4) is 0 Å². The molecule has 0 aromatic heterocycles. The van der Waals surface area contributed by atoms with Gasteiger partial charge >= 0.3 is 0 Å². The van der Waals surface area contributed by atoms with Gasteiger partial charge in [0.15, 0.2) is 0 Å². The highest BCUT2D eigenvalue weighted by Crippen LogP contribution is 2.09. The average Bonchev–Trinajstić information content (AvgIpc) is 2.29. The smallest absolute Gasteiger partial charge is 0.238 e. The third kappa shape index (κ3) is 4.25. The highest BCUT2D eigenvalue weighted by molar-refractivity contribution is 5.92. The van der Waals surface area contributed by atoms with Crippen LogP contribution in [0.3, 0.4) is 0 Å². The molecule has 3 N–H and O–H groups in total. The minimum atomic E-state index is -0.114. The second kappa shape index (κ2) is 6.76. The van der Waals surface area contributed by atoms with Crippen LogP contribution in [-0.4, -0.2) is 24.1 Å². The minimum Gasteiger partial charge on any atom is -0.392 e. The normalized spacial score (nSPS) is 9.81. The van der Waals surface area contributed by atoms with E-state index in [1.54, 1.807) is 30.3 Å². The lowest BCUT2D eigenvalue weighted by molar-refractivity contribution is -0.115. The molecule has 0 radical (unpaired) electrons. The van der Waals surface area contributed by atoms with Crippen LogP contribution in [0.4, 0.5) is 5.69 Å². The van der Waals surface area contributed by atoms with Gasteiger partial charge < -0.3 is 15.7 Å². The third-order valence-electron chi connectivity index (χ3n) is 1.97. The molecule has 0 unspecified atom stereocenters. The second-order valence-corrected chi connectivity index (χ2v) is 3.33. The predicted molar refractivity (Wildman–Crippen MR) is 64.1 cm³/mol. The number of aliphatic hydroxyl groups excluding tert-OH is 1. The molecule has 1 aromatic carbocycles. The molecule has 0 aliphatic heterocycles. The van der Waals surface area contributed by atoms with E-state index in [0.717, 1.165) is 5.56 Å². The maximum absolute atomic E-state index is 11.4. The highest BCUT2D eigenvalue weighted by atomic mass is 16.3. The summed E-state index contributed by atoms with van der Waals surface area (Å²) in [7, 11) is 0. The van der Waals surface area contributed by atoms with E-state index in [4.69, 9.17) is 5.11 Å². The molecule has 4 nitrogen and oxygen atoms in total. The van der Waals surface area contributed by atoms with E-state index in [2.05, 4.69) is 17.2 Å². The molecule has 0 bridgehead atoms. The van der Waals surface area contributed by atoms with E-state index in [0.29, 0.717) is 12.2 Å². The van der Waals surface area contributed by atoms with Gasteiger partial charge in [-0.25, -0.2) is 0 Å². The molecule has 16 heavy (non-hydrogen) atoms. The fourth-order valence-corrected chi connectivity index (χ4v) is 1.24. The number of carbonyl (C=O) groups excluding carboxylic acids is 1. The molecular weight excluding hydrogens is 204 g/mol. The molecule has 0 spiro atoms. The predicted octanol–water partition coefficient (Wildman–Crippen LogP) is 0.893. The van der Waals surface area contributed by atoms with Crippen molar-refractivity contribution in [2.75, 3.05) is 18.4 Å². The number of anilines is 1. The number of hydrogen-bond donors (Lipinski definition) is 3. The maximum Gasteiger partial charge on any atom is 0.238 e. The first-order valence-corrected chi connectivity index (χ1v) is 5.07. The number of aliphatic hydroxyl groups is 1. The maximum atomic E-state index is 11.4. The molecule has 86 valence electrons. The molecule has 0 aliphatic rings. The van der Waals surface area contributed by atoms with E-state index in [1.165, 1.54) is 0 Å². The third-order valence-corrected chi connectivity index (χ3v) is 1.97. The van der Waals surface area contributed by atoms with Crippen molar-refractivity contribution in [3.05, 3.63) is 42.5 Å². The first-order chi connectivity index (χ1) is 7.76. The largest absolute Gasteiger partial charge is 0.392 e. The minimum absolute atomic E-state index is 0.0293. The van der Waals surface area contributed by atoms with Crippen molar-refractivity contribution in [2.45, 2.75) is 6.61 Å². The first-order valence-electron chi connectivity index (χ1n) is 5.07. The second-order valence-electron chi connectivity index (χ2n) is 3.33. The Morgan fingerprint density at radius 1 is 1.50 bits per heavy atom. The van der Waals surface area contributed by atoms with Crippen molar-refractivity contribution in [2.24, 2.45) is 0 Å². The van der Waals surface area contributed by atoms with Gasteiger partial charge in [0.05, 0.1) is 13.2 Å². The van der Waals surface area contributed by atoms with E-state index < -0.39 is 0 Å². The Hall–Kier alpha value is -1.65. The lowest BCUT2D eigenvalue weighted by Crippen LogP contribution is -2.28. The van der Waals surface area contributed by atoms with Gasteiger partial charge in [0.1, 0.15) is 0 Å². The number of rotatable bonds is 6. The van der Waals surface area contributed by atoms with E-state index in [9.17, 15) is 4.79 Å². The van der Waals surface area contributed by atoms with Crippen LogP contribution in [0.5, 0.6) is 0 Å². The number of amides is 1. The molecule has 0 saturated carbocycles. The van der Waals surface area contributed by atoms with E-state index >= 15 is 0 Å². The van der Waals surface area contributed by atoms with E-state index in [-0.39, 0.29) is 19.1 Å². The zero-order valence-electron chi connectivity index (χ0n) is 9.07. The molecule has 0 heterocycles. The zero-order chi connectivity index (χ0) is 11.8. The van der Waals surface area contributed by atoms with Crippen LogP contribution in [0, 0.1) is 0 Å². The SMILES string of the molecule is C=CCNCC(=O)Nc1cccc(CO)c1. The lowest BCUT2D eigenvalue weighted by Gasteiger charge is -2.06. The molecule has 1 amide bonds. The van der Waals surface area contributed by atoms with Crippen LogP contribution in [-0.2, 0) is 11.4 Å². The summed E-state index contributed by atoms with van der Waals surface area (Å²) < 4.78 is 0. The molecule has 0 saturated heterocycles. The van der Waals surface area contributed by atoms with Crippen molar-refractivity contribution < 1.29 is 9.90 Å². The standard InChI is InChI=1S/C12H16N2O2/c1-2-6-13-8-12(16)14-11-5-3-4-10(7-11)9-15/h2-5,7,13,15H,1,6,8-9H2,(H,14,16). The quantitative estimate of drug-likeness (QED) is 0.493. The summed E-state index contributed by atoms with van der Waals surface area (Å²) >= 11 is 0. The topological polar surface area (TPSA) is 61.4 Å². The van der Waals surface area contributed by atoms with Gasteiger partial charge in [-0.05, 0) is 17.7 Å². The summed E-state index contributed by atoms with van der Waals surface area (Å²) in [4.78, 5) is 11.4. The summed E-state index contributed by atoms with van der Waals surface area (Å²) in [6.45, 7) is 4.36. The molecule has 0 atom stereocenters. The van der Waals surface area contributed by atoms with Crippen LogP contribution < -0.4 is 10.6 Å². The van der Waals surface area contributed by atoms with Gasteiger partial charge in [-0.2, -0.15) is 0 Å². The Balaban J connectivity index is 2.45. The van der Waals surface area contributed by atoms with Gasteiger partial charge in [0.2, 0.25) is 5.91 Å². The fraction of sp³-hybridized carbons (Fsp3) is 0.250. The zero-order valence-corrected chi connectivity index (χ0v) is 9.07. The van der Waals surface area contributed by atoms with Crippen LogP contribution in [0.25, 0.3) is 0 Å². The van der Waals surface area contributed by atoms with Gasteiger partial charge in [0.25, 0.3) is 0 Å². The summed E-state index contributed by atoms with van der Waals surface area (Å²) in [6.07, 6.45) is 1.69. The van der Waals surface area contributed by atoms with Gasteiger partial charge in [0, 0.05) is 12.2 Å². The van der Waals surface area contributed by atoms with Crippen molar-refractivity contribution in [1.29, 1.82) is 0 Å². The van der Waals surface area contributed by atoms with Crippen molar-refractivity contribution in [1.82, 2.24) is 5.32 Å². The number of nitrogens with one attached hydrogen (secondary N) is 2. The lowest BCUT2D eigenvalue weighted by atomic mass is 10.2. The summed E-state index contributed by atoms with van der Waals surface area (Å²) in [5.41, 5.74) is 1.47. The Bertz CT molecular complexity index is 364. The summed E-state index contributed by atoms with van der Waals surface area (Å²) in [6, 6.07) is 7.11. The number of carbonyl (C=O) groups is 1. The molecule has 1 aromatic rings. The fourth-order valence-electron chi connectivity index (χ4n) is 1.24. The van der Waals surface area contributed by atoms with Crippen LogP contribution >= 0.6 is 0 Å². The van der Waals surface area contributed by atoms with Gasteiger partial charge in [-0.1, -0.05) is 18.2 Å². The van der Waals surface area contributed by atoms with Crippen LogP contribution in [0.2, 0.25) is 0 Å². The van der Waals surface area contributed by atoms with E-state index in [1.807, 2.05) is 0 Å². The Kier molecular flexibility index (Phi) is 5.25. The first kappa shape index (κ1) is 12.4. The summed E-state index contributed by atoms with van der Waals surface area (Å²) in [5, 5.41) is 14.6. The molecule has 0 fully saturated rings. The Labute approximate surface area is 95.0 Å². The van der Waals surface area contributed by atoms with Crippen molar-refractivity contribution in [3.63, 3.8) is 0 Å². The Morgan fingerprint density at radius 3 is 3.00 bits per heavy atom. The van der Waals surface area contributed by atoms with Gasteiger partial charge in [-0.15, -0.1) is 6.58 Å². The monoisotopic (exact) mass is 220 g/mol. The Morgan fingerprint density at radius 2 is 2.31 bits per heavy atom. The molecule has 0 aliphatic carbocycles. The van der Waals surface area contributed by atoms with Crippen molar-refractivity contribution >= 4 is 11.6 Å². The van der Waals surface area contributed by atoms with Crippen LogP contribution in [0.15, 0.2) is 36.9 Å². The molecular formula is C12H16N2O2.